The quantitative estimate of drug-likeness (QED) is 0.440. The number of fused-ring (bicyclic) bond motifs is 1. The van der Waals surface area contributed by atoms with E-state index in [9.17, 15) is 13.2 Å². The van der Waals surface area contributed by atoms with Crippen LogP contribution in [0.3, 0.4) is 0 Å². The second kappa shape index (κ2) is 10.3. The van der Waals surface area contributed by atoms with Crippen LogP contribution in [0, 0.1) is 0 Å². The molecule has 0 aliphatic heterocycles. The van der Waals surface area contributed by atoms with Gasteiger partial charge in [-0.1, -0.05) is 13.0 Å². The van der Waals surface area contributed by atoms with E-state index in [1.807, 2.05) is 44.7 Å². The summed E-state index contributed by atoms with van der Waals surface area (Å²) in [6, 6.07) is 12.1. The minimum absolute atomic E-state index is 0.0534. The highest BCUT2D eigenvalue weighted by Gasteiger charge is 2.30. The molecule has 0 bridgehead atoms. The first-order valence-corrected chi connectivity index (χ1v) is 13.7. The summed E-state index contributed by atoms with van der Waals surface area (Å²) in [6.07, 6.45) is 5.74. The Morgan fingerprint density at radius 2 is 1.92 bits per heavy atom. The number of amides is 1. The lowest BCUT2D eigenvalue weighted by molar-refractivity contribution is 0.0146. The highest BCUT2D eigenvalue weighted by atomic mass is 32.2. The molecule has 192 valence electrons. The smallest absolute Gasteiger partial charge is 0.410 e. The molecule has 8 nitrogen and oxygen atoms in total. The van der Waals surface area contributed by atoms with Crippen LogP contribution in [-0.4, -0.2) is 42.6 Å². The van der Waals surface area contributed by atoms with Crippen molar-refractivity contribution < 1.29 is 22.4 Å². The average Bonchev–Trinajstić information content (AvgIpc) is 3.36. The van der Waals surface area contributed by atoms with Gasteiger partial charge >= 0.3 is 6.09 Å². The summed E-state index contributed by atoms with van der Waals surface area (Å²) in [6.45, 7) is 8.31. The molecule has 1 aliphatic carbocycles. The molecule has 0 unspecified atom stereocenters. The second-order valence-electron chi connectivity index (χ2n) is 10.0. The second-order valence-corrected chi connectivity index (χ2v) is 11.7. The van der Waals surface area contributed by atoms with Crippen molar-refractivity contribution in [3.8, 4) is 11.3 Å². The first-order chi connectivity index (χ1) is 17.1. The summed E-state index contributed by atoms with van der Waals surface area (Å²) in [4.78, 5) is 18.7. The van der Waals surface area contributed by atoms with E-state index < -0.39 is 15.6 Å². The van der Waals surface area contributed by atoms with Crippen LogP contribution in [0.4, 0.5) is 10.5 Å². The number of rotatable bonds is 7. The van der Waals surface area contributed by atoms with E-state index in [1.54, 1.807) is 36.5 Å². The number of hydrogen-bond donors (Lipinski definition) is 1. The molecule has 36 heavy (non-hydrogen) atoms. The Bertz CT molecular complexity index is 1300. The standard InChI is InChI=1S/C27H33N3O5S/c1-5-14-30(26(31)35-27(2,3)4)23-11-7-20-15-22(10-6-21(20)16-23)29-36(32,33)24-12-8-19(9-13-24)25-17-28-18-34-25/h6,8-10,12-13,15,17-18,23,29H,5,7,11,14,16H2,1-4H3/t23-/m1/s1. The van der Waals surface area contributed by atoms with E-state index in [-0.39, 0.29) is 17.0 Å². The molecular weight excluding hydrogens is 478 g/mol. The van der Waals surface area contributed by atoms with Crippen molar-refractivity contribution in [2.45, 2.75) is 69.9 Å². The fraction of sp³-hybridized carbons (Fsp3) is 0.407. The van der Waals surface area contributed by atoms with Crippen LogP contribution < -0.4 is 4.72 Å². The summed E-state index contributed by atoms with van der Waals surface area (Å²) in [5.41, 5.74) is 2.93. The third-order valence-electron chi connectivity index (χ3n) is 6.08. The summed E-state index contributed by atoms with van der Waals surface area (Å²) < 4.78 is 39.5. The molecule has 4 rings (SSSR count). The summed E-state index contributed by atoms with van der Waals surface area (Å²) in [5.74, 6) is 0.573. The normalized spacial score (nSPS) is 15.7. The SMILES string of the molecule is CCCN(C(=O)OC(C)(C)C)[C@@H]1CCc2cc(NS(=O)(=O)c3ccc(-c4cnco4)cc3)ccc2C1. The Labute approximate surface area is 212 Å². The lowest BCUT2D eigenvalue weighted by Gasteiger charge is -2.36. The van der Waals surface area contributed by atoms with Crippen LogP contribution in [0.15, 0.2) is 64.4 Å². The van der Waals surface area contributed by atoms with Gasteiger partial charge in [-0.3, -0.25) is 4.72 Å². The molecule has 1 amide bonds. The maximum Gasteiger partial charge on any atom is 0.410 e. The lowest BCUT2D eigenvalue weighted by Crippen LogP contribution is -2.46. The molecule has 0 saturated carbocycles. The molecule has 9 heteroatoms. The minimum Gasteiger partial charge on any atom is -0.444 e. The highest BCUT2D eigenvalue weighted by Crippen LogP contribution is 2.29. The van der Waals surface area contributed by atoms with E-state index in [4.69, 9.17) is 9.15 Å². The van der Waals surface area contributed by atoms with Gasteiger partial charge in [-0.2, -0.15) is 0 Å². The maximum absolute atomic E-state index is 13.0. The number of oxazole rings is 1. The molecule has 2 aromatic carbocycles. The average molecular weight is 512 g/mol. The van der Waals surface area contributed by atoms with E-state index in [0.29, 0.717) is 24.4 Å². The molecule has 0 saturated heterocycles. The Hall–Kier alpha value is -3.33. The number of nitrogens with zero attached hydrogens (tertiary/aromatic N) is 2. The molecule has 0 radical (unpaired) electrons. The van der Waals surface area contributed by atoms with Gasteiger partial charge in [-0.25, -0.2) is 18.2 Å². The van der Waals surface area contributed by atoms with Crippen LogP contribution in [-0.2, 0) is 27.6 Å². The largest absolute Gasteiger partial charge is 0.444 e. The summed E-state index contributed by atoms with van der Waals surface area (Å²) in [7, 11) is -3.75. The van der Waals surface area contributed by atoms with Gasteiger partial charge in [0.15, 0.2) is 12.2 Å². The predicted octanol–water partition coefficient (Wildman–Crippen LogP) is 5.65. The van der Waals surface area contributed by atoms with E-state index >= 15 is 0 Å². The minimum atomic E-state index is -3.75. The van der Waals surface area contributed by atoms with Crippen molar-refractivity contribution in [3.05, 3.63) is 66.2 Å². The lowest BCUT2D eigenvalue weighted by atomic mass is 9.87. The van der Waals surface area contributed by atoms with Gasteiger partial charge in [0.25, 0.3) is 10.0 Å². The Morgan fingerprint density at radius 3 is 2.56 bits per heavy atom. The number of hydrogen-bond acceptors (Lipinski definition) is 6. The van der Waals surface area contributed by atoms with Crippen LogP contribution in [0.2, 0.25) is 0 Å². The molecule has 3 aromatic rings. The van der Waals surface area contributed by atoms with Crippen LogP contribution in [0.25, 0.3) is 11.3 Å². The Morgan fingerprint density at radius 1 is 1.17 bits per heavy atom. The summed E-state index contributed by atoms with van der Waals surface area (Å²) >= 11 is 0. The topological polar surface area (TPSA) is 102 Å². The molecule has 1 N–H and O–H groups in total. The number of carbonyl (C=O) groups is 1. The van der Waals surface area contributed by atoms with E-state index in [1.165, 1.54) is 6.39 Å². The Balaban J connectivity index is 1.46. The highest BCUT2D eigenvalue weighted by molar-refractivity contribution is 7.92. The van der Waals surface area contributed by atoms with Gasteiger partial charge in [0, 0.05) is 23.8 Å². The molecular formula is C27H33N3O5S. The zero-order chi connectivity index (χ0) is 25.9. The monoisotopic (exact) mass is 511 g/mol. The molecule has 1 aliphatic rings. The van der Waals surface area contributed by atoms with Gasteiger partial charge in [0.2, 0.25) is 0 Å². The number of sulfonamides is 1. The molecule has 1 aromatic heterocycles. The first kappa shape index (κ1) is 25.8. The molecule has 1 atom stereocenters. The van der Waals surface area contributed by atoms with Gasteiger partial charge < -0.3 is 14.1 Å². The van der Waals surface area contributed by atoms with Crippen molar-refractivity contribution in [2.24, 2.45) is 0 Å². The number of aromatic nitrogens is 1. The fourth-order valence-corrected chi connectivity index (χ4v) is 5.47. The van der Waals surface area contributed by atoms with Crippen molar-refractivity contribution in [2.75, 3.05) is 11.3 Å². The Kier molecular flexibility index (Phi) is 7.40. The predicted molar refractivity (Wildman–Crippen MR) is 138 cm³/mol. The molecule has 0 fully saturated rings. The van der Waals surface area contributed by atoms with E-state index in [2.05, 4.69) is 9.71 Å². The number of aryl methyl sites for hydroxylation is 1. The van der Waals surface area contributed by atoms with Crippen molar-refractivity contribution in [3.63, 3.8) is 0 Å². The molecule has 0 spiro atoms. The van der Waals surface area contributed by atoms with Crippen LogP contribution >= 0.6 is 0 Å². The maximum atomic E-state index is 13.0. The number of benzene rings is 2. The van der Waals surface area contributed by atoms with Gasteiger partial charge in [0.1, 0.15) is 5.60 Å². The van der Waals surface area contributed by atoms with Crippen molar-refractivity contribution >= 4 is 21.8 Å². The van der Waals surface area contributed by atoms with E-state index in [0.717, 1.165) is 36.0 Å². The van der Waals surface area contributed by atoms with Gasteiger partial charge in [-0.15, -0.1) is 0 Å². The fourth-order valence-electron chi connectivity index (χ4n) is 4.42. The van der Waals surface area contributed by atoms with Crippen LogP contribution in [0.5, 0.6) is 0 Å². The first-order valence-electron chi connectivity index (χ1n) is 12.2. The third-order valence-corrected chi connectivity index (χ3v) is 7.47. The zero-order valence-electron chi connectivity index (χ0n) is 21.2. The number of anilines is 1. The zero-order valence-corrected chi connectivity index (χ0v) is 22.0. The molecule has 1 heterocycles. The number of carbonyl (C=O) groups excluding carboxylic acids is 1. The van der Waals surface area contributed by atoms with Gasteiger partial charge in [-0.05, 0) is 94.0 Å². The number of nitrogens with one attached hydrogen (secondary N) is 1. The summed E-state index contributed by atoms with van der Waals surface area (Å²) in [5, 5.41) is 0. The third kappa shape index (κ3) is 6.07. The van der Waals surface area contributed by atoms with Crippen molar-refractivity contribution in [1.82, 2.24) is 9.88 Å². The van der Waals surface area contributed by atoms with Crippen molar-refractivity contribution in [1.29, 1.82) is 0 Å². The van der Waals surface area contributed by atoms with Crippen LogP contribution in [0.1, 0.15) is 51.7 Å². The van der Waals surface area contributed by atoms with Gasteiger partial charge in [0.05, 0.1) is 11.1 Å². The number of ether oxygens (including phenoxy) is 1.